The average Bonchev–Trinajstić information content (AvgIpc) is 2.44. The lowest BCUT2D eigenvalue weighted by atomic mass is 10.0. The van der Waals surface area contributed by atoms with Crippen molar-refractivity contribution in [2.24, 2.45) is 0 Å². The van der Waals surface area contributed by atoms with Gasteiger partial charge in [0.05, 0.1) is 0 Å². The average molecular weight is 269 g/mol. The summed E-state index contributed by atoms with van der Waals surface area (Å²) in [6, 6.07) is 16.6. The predicted octanol–water partition coefficient (Wildman–Crippen LogP) is 4.16. The number of anilines is 1. The van der Waals surface area contributed by atoms with E-state index in [9.17, 15) is 5.11 Å². The Bertz CT molecular complexity index is 530. The highest BCUT2D eigenvalue weighted by molar-refractivity contribution is 5.48. The highest BCUT2D eigenvalue weighted by Crippen LogP contribution is 2.20. The van der Waals surface area contributed by atoms with Gasteiger partial charge in [0.15, 0.2) is 0 Å². The lowest BCUT2D eigenvalue weighted by Crippen LogP contribution is -2.34. The van der Waals surface area contributed by atoms with Gasteiger partial charge >= 0.3 is 0 Å². The Kier molecular flexibility index (Phi) is 4.67. The molecule has 0 aliphatic carbocycles. The molecule has 2 heteroatoms. The van der Waals surface area contributed by atoms with E-state index >= 15 is 0 Å². The number of phenolic OH excluding ortho intramolecular Hbond substituents is 1. The van der Waals surface area contributed by atoms with Crippen LogP contribution in [0, 0.1) is 6.92 Å². The summed E-state index contributed by atoms with van der Waals surface area (Å²) in [7, 11) is 0. The van der Waals surface area contributed by atoms with Gasteiger partial charge in [0.2, 0.25) is 0 Å². The van der Waals surface area contributed by atoms with Crippen molar-refractivity contribution >= 4 is 5.69 Å². The Labute approximate surface area is 121 Å². The third kappa shape index (κ3) is 3.53. The van der Waals surface area contributed by atoms with Crippen LogP contribution in [-0.2, 0) is 6.42 Å². The Balaban J connectivity index is 2.10. The fourth-order valence-corrected chi connectivity index (χ4v) is 2.57. The van der Waals surface area contributed by atoms with Crippen LogP contribution in [0.3, 0.4) is 0 Å². The van der Waals surface area contributed by atoms with E-state index in [0.717, 1.165) is 13.0 Å². The Morgan fingerprint density at radius 1 is 1.00 bits per heavy atom. The molecular formula is C18H23NO. The summed E-state index contributed by atoms with van der Waals surface area (Å²) in [5.41, 5.74) is 3.81. The second-order valence-electron chi connectivity index (χ2n) is 5.34. The molecule has 1 atom stereocenters. The fraction of sp³-hybridized carbons (Fsp3) is 0.333. The van der Waals surface area contributed by atoms with E-state index in [1.54, 1.807) is 12.1 Å². The normalized spacial score (nSPS) is 12.2. The zero-order chi connectivity index (χ0) is 14.5. The van der Waals surface area contributed by atoms with Crippen LogP contribution in [0.2, 0.25) is 0 Å². The van der Waals surface area contributed by atoms with Gasteiger partial charge in [-0.05, 0) is 57.0 Å². The second kappa shape index (κ2) is 6.47. The third-order valence-corrected chi connectivity index (χ3v) is 3.71. The van der Waals surface area contributed by atoms with Crippen molar-refractivity contribution in [3.05, 3.63) is 59.7 Å². The highest BCUT2D eigenvalue weighted by Gasteiger charge is 2.13. The lowest BCUT2D eigenvalue weighted by Gasteiger charge is -2.30. The van der Waals surface area contributed by atoms with Crippen molar-refractivity contribution < 1.29 is 5.11 Å². The summed E-state index contributed by atoms with van der Waals surface area (Å²) in [6.45, 7) is 7.53. The molecule has 0 spiro atoms. The van der Waals surface area contributed by atoms with E-state index in [1.165, 1.54) is 16.8 Å². The monoisotopic (exact) mass is 269 g/mol. The molecule has 1 unspecified atom stereocenters. The second-order valence-corrected chi connectivity index (χ2v) is 5.34. The maximum Gasteiger partial charge on any atom is 0.115 e. The minimum atomic E-state index is 0.326. The Hall–Kier alpha value is -1.96. The van der Waals surface area contributed by atoms with Crippen LogP contribution in [0.4, 0.5) is 5.69 Å². The predicted molar refractivity (Wildman–Crippen MR) is 85.5 cm³/mol. The summed E-state index contributed by atoms with van der Waals surface area (Å²) < 4.78 is 0. The van der Waals surface area contributed by atoms with Crippen molar-refractivity contribution in [3.63, 3.8) is 0 Å². The molecule has 20 heavy (non-hydrogen) atoms. The molecule has 0 radical (unpaired) electrons. The summed E-state index contributed by atoms with van der Waals surface area (Å²) in [6.07, 6.45) is 0.974. The van der Waals surface area contributed by atoms with Crippen LogP contribution < -0.4 is 4.90 Å². The minimum Gasteiger partial charge on any atom is -0.508 e. The summed E-state index contributed by atoms with van der Waals surface area (Å²) in [5.74, 6) is 0.326. The van der Waals surface area contributed by atoms with Gasteiger partial charge in [0, 0.05) is 18.3 Å². The molecule has 0 saturated heterocycles. The molecule has 0 fully saturated rings. The number of nitrogens with zero attached hydrogens (tertiary/aromatic N) is 1. The number of phenols is 1. The van der Waals surface area contributed by atoms with Crippen LogP contribution in [-0.4, -0.2) is 17.7 Å². The van der Waals surface area contributed by atoms with Crippen LogP contribution >= 0.6 is 0 Å². The molecule has 0 saturated carbocycles. The largest absolute Gasteiger partial charge is 0.508 e. The molecule has 2 nitrogen and oxygen atoms in total. The summed E-state index contributed by atoms with van der Waals surface area (Å²) in [5, 5.41) is 9.34. The smallest absolute Gasteiger partial charge is 0.115 e. The number of aryl methyl sites for hydroxylation is 1. The van der Waals surface area contributed by atoms with Gasteiger partial charge in [-0.15, -0.1) is 0 Å². The van der Waals surface area contributed by atoms with E-state index in [-0.39, 0.29) is 0 Å². The van der Waals surface area contributed by atoms with Crippen molar-refractivity contribution in [1.82, 2.24) is 0 Å². The Morgan fingerprint density at radius 2 is 1.60 bits per heavy atom. The molecule has 106 valence electrons. The van der Waals surface area contributed by atoms with Crippen molar-refractivity contribution in [3.8, 4) is 5.75 Å². The van der Waals surface area contributed by atoms with Gasteiger partial charge in [-0.1, -0.05) is 29.8 Å². The number of benzene rings is 2. The number of aromatic hydroxyl groups is 1. The van der Waals surface area contributed by atoms with Crippen LogP contribution in [0.1, 0.15) is 25.0 Å². The first-order valence-corrected chi connectivity index (χ1v) is 7.21. The highest BCUT2D eigenvalue weighted by atomic mass is 16.3. The number of hydrogen-bond donors (Lipinski definition) is 1. The number of likely N-dealkylation sites (N-methyl/N-ethyl adjacent to an activating group) is 1. The van der Waals surface area contributed by atoms with E-state index < -0.39 is 0 Å². The molecule has 0 aromatic heterocycles. The maximum absolute atomic E-state index is 9.34. The molecule has 0 bridgehead atoms. The van der Waals surface area contributed by atoms with Gasteiger partial charge in [0.1, 0.15) is 5.75 Å². The molecule has 0 aliphatic rings. The van der Waals surface area contributed by atoms with E-state index in [0.29, 0.717) is 11.8 Å². The van der Waals surface area contributed by atoms with Crippen molar-refractivity contribution in [1.29, 1.82) is 0 Å². The quantitative estimate of drug-likeness (QED) is 0.881. The molecule has 0 amide bonds. The first-order valence-electron chi connectivity index (χ1n) is 7.21. The van der Waals surface area contributed by atoms with Gasteiger partial charge in [0.25, 0.3) is 0 Å². The van der Waals surface area contributed by atoms with Crippen molar-refractivity contribution in [2.45, 2.75) is 33.2 Å². The molecule has 0 heterocycles. The first-order chi connectivity index (χ1) is 9.60. The SMILES string of the molecule is CCN(c1ccc(C)cc1)C(C)Cc1ccc(O)cc1. The van der Waals surface area contributed by atoms with Gasteiger partial charge in [-0.25, -0.2) is 0 Å². The summed E-state index contributed by atoms with van der Waals surface area (Å²) >= 11 is 0. The third-order valence-electron chi connectivity index (χ3n) is 3.71. The molecular weight excluding hydrogens is 246 g/mol. The number of hydrogen-bond acceptors (Lipinski definition) is 2. The molecule has 1 N–H and O–H groups in total. The minimum absolute atomic E-state index is 0.326. The number of rotatable bonds is 5. The van der Waals surface area contributed by atoms with Crippen molar-refractivity contribution in [2.75, 3.05) is 11.4 Å². The lowest BCUT2D eigenvalue weighted by molar-refractivity contribution is 0.475. The van der Waals surface area contributed by atoms with E-state index in [1.807, 2.05) is 12.1 Å². The maximum atomic E-state index is 9.34. The fourth-order valence-electron chi connectivity index (χ4n) is 2.57. The Morgan fingerprint density at radius 3 is 2.15 bits per heavy atom. The van der Waals surface area contributed by atoms with Crippen LogP contribution in [0.5, 0.6) is 5.75 Å². The van der Waals surface area contributed by atoms with Gasteiger partial charge in [-0.2, -0.15) is 0 Å². The topological polar surface area (TPSA) is 23.5 Å². The zero-order valence-corrected chi connectivity index (χ0v) is 12.5. The molecule has 2 aromatic carbocycles. The van der Waals surface area contributed by atoms with E-state index in [4.69, 9.17) is 0 Å². The van der Waals surface area contributed by atoms with Gasteiger partial charge < -0.3 is 10.0 Å². The molecule has 2 aromatic rings. The van der Waals surface area contributed by atoms with Crippen LogP contribution in [0.25, 0.3) is 0 Å². The van der Waals surface area contributed by atoms with E-state index in [2.05, 4.69) is 49.9 Å². The standard InChI is InChI=1S/C18H23NO/c1-4-19(17-9-5-14(2)6-10-17)15(3)13-16-7-11-18(20)12-8-16/h5-12,15,20H,4,13H2,1-3H3. The molecule has 0 aliphatic heterocycles. The first kappa shape index (κ1) is 14.4. The van der Waals surface area contributed by atoms with Crippen LogP contribution in [0.15, 0.2) is 48.5 Å². The summed E-state index contributed by atoms with van der Waals surface area (Å²) in [4.78, 5) is 2.41. The molecule has 2 rings (SSSR count). The zero-order valence-electron chi connectivity index (χ0n) is 12.5. The van der Waals surface area contributed by atoms with Gasteiger partial charge in [-0.3, -0.25) is 0 Å².